The maximum atomic E-state index is 11.3. The second-order valence-corrected chi connectivity index (χ2v) is 2.64. The molecule has 12 heavy (non-hydrogen) atoms. The van der Waals surface area contributed by atoms with Crippen LogP contribution in [0.4, 0.5) is 0 Å². The van der Waals surface area contributed by atoms with Gasteiger partial charge in [-0.3, -0.25) is 9.78 Å². The van der Waals surface area contributed by atoms with Gasteiger partial charge < -0.3 is 5.32 Å². The molecule has 0 spiro atoms. The maximum absolute atomic E-state index is 11.3. The molecule has 0 aliphatic carbocycles. The lowest BCUT2D eigenvalue weighted by molar-refractivity contribution is 0.0993. The van der Waals surface area contributed by atoms with Crippen LogP contribution >= 0.6 is 0 Å². The molecule has 0 fully saturated rings. The van der Waals surface area contributed by atoms with E-state index in [1.807, 2.05) is 13.0 Å². The van der Waals surface area contributed by atoms with Gasteiger partial charge in [-0.15, -0.1) is 0 Å². The van der Waals surface area contributed by atoms with Crippen molar-refractivity contribution in [2.75, 3.05) is 13.6 Å². The molecule has 0 amide bonds. The second kappa shape index (κ2) is 3.97. The Morgan fingerprint density at radius 2 is 2.33 bits per heavy atom. The Labute approximate surface area is 71.8 Å². The molecule has 1 rings (SSSR count). The molecule has 0 aliphatic rings. The maximum Gasteiger partial charge on any atom is 0.178 e. The van der Waals surface area contributed by atoms with Crippen molar-refractivity contribution in [1.29, 1.82) is 0 Å². The number of rotatable bonds is 3. The van der Waals surface area contributed by atoms with Gasteiger partial charge in [0, 0.05) is 17.5 Å². The molecular formula is C9H12N2O. The minimum atomic E-state index is 0.0741. The highest BCUT2D eigenvalue weighted by Gasteiger charge is 2.02. The number of aryl methyl sites for hydroxylation is 1. The SMILES string of the molecule is CNCC(=O)c1ccc(C)nc1. The first-order valence-electron chi connectivity index (χ1n) is 3.84. The van der Waals surface area contributed by atoms with Crippen LogP contribution in [0, 0.1) is 6.92 Å². The van der Waals surface area contributed by atoms with Crippen molar-refractivity contribution in [2.24, 2.45) is 0 Å². The number of nitrogens with zero attached hydrogens (tertiary/aromatic N) is 1. The van der Waals surface area contributed by atoms with Crippen LogP contribution in [0.2, 0.25) is 0 Å². The van der Waals surface area contributed by atoms with E-state index in [1.54, 1.807) is 19.3 Å². The van der Waals surface area contributed by atoms with Crippen molar-refractivity contribution >= 4 is 5.78 Å². The van der Waals surface area contributed by atoms with Crippen LogP contribution in [0.1, 0.15) is 16.1 Å². The first-order chi connectivity index (χ1) is 5.74. The van der Waals surface area contributed by atoms with Crippen LogP contribution in [0.3, 0.4) is 0 Å². The summed E-state index contributed by atoms with van der Waals surface area (Å²) >= 11 is 0. The van der Waals surface area contributed by atoms with Crippen LogP contribution in [-0.4, -0.2) is 24.4 Å². The number of ketones is 1. The highest BCUT2D eigenvalue weighted by atomic mass is 16.1. The Kier molecular flexibility index (Phi) is 2.94. The Balaban J connectivity index is 2.75. The molecule has 1 aromatic heterocycles. The van der Waals surface area contributed by atoms with E-state index < -0.39 is 0 Å². The number of pyridine rings is 1. The zero-order chi connectivity index (χ0) is 8.97. The van der Waals surface area contributed by atoms with E-state index in [4.69, 9.17) is 0 Å². The average Bonchev–Trinajstić information content (AvgIpc) is 2.06. The number of hydrogen-bond acceptors (Lipinski definition) is 3. The van der Waals surface area contributed by atoms with Crippen LogP contribution in [0.25, 0.3) is 0 Å². The fourth-order valence-corrected chi connectivity index (χ4v) is 0.895. The van der Waals surface area contributed by atoms with Gasteiger partial charge in [-0.05, 0) is 26.1 Å². The Bertz CT molecular complexity index is 266. The predicted molar refractivity (Wildman–Crippen MR) is 47.2 cm³/mol. The molecule has 64 valence electrons. The van der Waals surface area contributed by atoms with Crippen molar-refractivity contribution in [3.05, 3.63) is 29.6 Å². The normalized spacial score (nSPS) is 9.83. The predicted octanol–water partition coefficient (Wildman–Crippen LogP) is 0.792. The topological polar surface area (TPSA) is 42.0 Å². The lowest BCUT2D eigenvalue weighted by Gasteiger charge is -1.98. The van der Waals surface area contributed by atoms with E-state index in [1.165, 1.54) is 0 Å². The van der Waals surface area contributed by atoms with E-state index >= 15 is 0 Å². The van der Waals surface area contributed by atoms with Gasteiger partial charge in [0.1, 0.15) is 0 Å². The standard InChI is InChI=1S/C9H12N2O/c1-7-3-4-8(5-11-7)9(12)6-10-2/h3-5,10H,6H2,1-2H3. The van der Waals surface area contributed by atoms with Gasteiger partial charge in [0.25, 0.3) is 0 Å². The molecule has 0 saturated heterocycles. The molecule has 0 bridgehead atoms. The second-order valence-electron chi connectivity index (χ2n) is 2.64. The van der Waals surface area contributed by atoms with E-state index in [0.717, 1.165) is 5.69 Å². The number of carbonyl (C=O) groups is 1. The molecule has 0 atom stereocenters. The molecule has 1 aromatic rings. The first kappa shape index (κ1) is 8.87. The Hall–Kier alpha value is -1.22. The van der Waals surface area contributed by atoms with Gasteiger partial charge in [0.15, 0.2) is 5.78 Å². The third kappa shape index (κ3) is 2.13. The number of carbonyl (C=O) groups excluding carboxylic acids is 1. The smallest absolute Gasteiger partial charge is 0.178 e. The minimum absolute atomic E-state index is 0.0741. The van der Waals surface area contributed by atoms with E-state index in [-0.39, 0.29) is 5.78 Å². The number of nitrogens with one attached hydrogen (secondary N) is 1. The summed E-state index contributed by atoms with van der Waals surface area (Å²) in [7, 11) is 1.75. The number of Topliss-reactive ketones (excluding diaryl/α,β-unsaturated/α-hetero) is 1. The summed E-state index contributed by atoms with van der Waals surface area (Å²) in [5.74, 6) is 0.0741. The van der Waals surface area contributed by atoms with E-state index in [0.29, 0.717) is 12.1 Å². The summed E-state index contributed by atoms with van der Waals surface area (Å²) in [6.07, 6.45) is 1.61. The fourth-order valence-electron chi connectivity index (χ4n) is 0.895. The van der Waals surface area contributed by atoms with Gasteiger partial charge in [-0.1, -0.05) is 0 Å². The molecule has 0 saturated carbocycles. The van der Waals surface area contributed by atoms with Crippen LogP contribution in [0.5, 0.6) is 0 Å². The third-order valence-electron chi connectivity index (χ3n) is 1.57. The summed E-state index contributed by atoms with van der Waals surface area (Å²) in [6.45, 7) is 2.26. The molecule has 0 aromatic carbocycles. The highest BCUT2D eigenvalue weighted by molar-refractivity contribution is 5.97. The molecule has 0 unspecified atom stereocenters. The molecule has 0 aliphatic heterocycles. The first-order valence-corrected chi connectivity index (χ1v) is 3.84. The van der Waals surface area contributed by atoms with Crippen molar-refractivity contribution in [3.63, 3.8) is 0 Å². The summed E-state index contributed by atoms with van der Waals surface area (Å²) in [4.78, 5) is 15.3. The van der Waals surface area contributed by atoms with Gasteiger partial charge in [0.05, 0.1) is 6.54 Å². The van der Waals surface area contributed by atoms with Crippen molar-refractivity contribution < 1.29 is 4.79 Å². The van der Waals surface area contributed by atoms with Crippen molar-refractivity contribution in [3.8, 4) is 0 Å². The summed E-state index contributed by atoms with van der Waals surface area (Å²) in [6, 6.07) is 3.63. The molecule has 3 heteroatoms. The van der Waals surface area contributed by atoms with Crippen LogP contribution in [-0.2, 0) is 0 Å². The van der Waals surface area contributed by atoms with Gasteiger partial charge >= 0.3 is 0 Å². The highest BCUT2D eigenvalue weighted by Crippen LogP contribution is 1.99. The zero-order valence-corrected chi connectivity index (χ0v) is 7.29. The molecule has 3 nitrogen and oxygen atoms in total. The fraction of sp³-hybridized carbons (Fsp3) is 0.333. The van der Waals surface area contributed by atoms with Gasteiger partial charge in [-0.2, -0.15) is 0 Å². The Morgan fingerprint density at radius 3 is 2.83 bits per heavy atom. The number of likely N-dealkylation sites (N-methyl/N-ethyl adjacent to an activating group) is 1. The summed E-state index contributed by atoms with van der Waals surface area (Å²) in [5, 5.41) is 2.80. The minimum Gasteiger partial charge on any atom is -0.313 e. The number of hydrogen-bond donors (Lipinski definition) is 1. The quantitative estimate of drug-likeness (QED) is 0.672. The molecular weight excluding hydrogens is 152 g/mol. The lowest BCUT2D eigenvalue weighted by Crippen LogP contribution is -2.18. The summed E-state index contributed by atoms with van der Waals surface area (Å²) in [5.41, 5.74) is 1.59. The van der Waals surface area contributed by atoms with Crippen molar-refractivity contribution in [1.82, 2.24) is 10.3 Å². The largest absolute Gasteiger partial charge is 0.313 e. The monoisotopic (exact) mass is 164 g/mol. The van der Waals surface area contributed by atoms with Crippen molar-refractivity contribution in [2.45, 2.75) is 6.92 Å². The molecule has 0 radical (unpaired) electrons. The van der Waals surface area contributed by atoms with Gasteiger partial charge in [-0.25, -0.2) is 0 Å². The lowest BCUT2D eigenvalue weighted by atomic mass is 10.2. The zero-order valence-electron chi connectivity index (χ0n) is 7.29. The number of aromatic nitrogens is 1. The Morgan fingerprint density at radius 1 is 1.58 bits per heavy atom. The third-order valence-corrected chi connectivity index (χ3v) is 1.57. The van der Waals surface area contributed by atoms with E-state index in [2.05, 4.69) is 10.3 Å². The van der Waals surface area contributed by atoms with Crippen LogP contribution < -0.4 is 5.32 Å². The molecule has 1 heterocycles. The average molecular weight is 164 g/mol. The van der Waals surface area contributed by atoms with E-state index in [9.17, 15) is 4.79 Å². The van der Waals surface area contributed by atoms with Gasteiger partial charge in [0.2, 0.25) is 0 Å². The summed E-state index contributed by atoms with van der Waals surface area (Å²) < 4.78 is 0. The van der Waals surface area contributed by atoms with Crippen LogP contribution in [0.15, 0.2) is 18.3 Å². The molecule has 1 N–H and O–H groups in total.